The van der Waals surface area contributed by atoms with E-state index >= 15 is 0 Å². The molecule has 1 aromatic rings. The largest absolute Gasteiger partial charge is 0.493 e. The fourth-order valence-electron chi connectivity index (χ4n) is 1.81. The average molecular weight is 319 g/mol. The van der Waals surface area contributed by atoms with Crippen LogP contribution >= 0.6 is 0 Å². The van der Waals surface area contributed by atoms with Crippen LogP contribution in [0.4, 0.5) is 5.69 Å². The van der Waals surface area contributed by atoms with Crippen molar-refractivity contribution < 1.29 is 28.6 Å². The van der Waals surface area contributed by atoms with Crippen molar-refractivity contribution in [2.45, 2.75) is 20.0 Å². The second kappa shape index (κ2) is 7.44. The average Bonchev–Trinajstić information content (AvgIpc) is 2.55. The molecule has 0 aliphatic carbocycles. The monoisotopic (exact) mass is 319 g/mol. The quantitative estimate of drug-likeness (QED) is 0.655. The molecule has 0 aromatic heterocycles. The predicted octanol–water partition coefficient (Wildman–Crippen LogP) is 1.65. The molecule has 122 valence electrons. The highest BCUT2D eigenvalue weighted by Crippen LogP contribution is 2.13. The first-order valence-corrected chi connectivity index (χ1v) is 7.05. The number of Topliss-reactive ketones (excluding diaryl/α,β-unsaturated/α-hetero) is 1. The fraction of sp³-hybridized carbons (Fsp3) is 0.312. The molecule has 0 bridgehead atoms. The van der Waals surface area contributed by atoms with E-state index in [1.165, 1.54) is 13.8 Å². The number of rotatable bonds is 5. The second-order valence-corrected chi connectivity index (χ2v) is 4.88. The number of hydrogen-bond acceptors (Lipinski definition) is 6. The number of ether oxygens (including phenoxy) is 3. The van der Waals surface area contributed by atoms with E-state index < -0.39 is 18.0 Å². The molecule has 7 heteroatoms. The van der Waals surface area contributed by atoms with Gasteiger partial charge in [-0.05, 0) is 26.0 Å². The first-order chi connectivity index (χ1) is 11.0. The highest BCUT2D eigenvalue weighted by atomic mass is 16.6. The molecule has 0 radical (unpaired) electrons. The van der Waals surface area contributed by atoms with Gasteiger partial charge in [-0.1, -0.05) is 12.1 Å². The molecule has 7 nitrogen and oxygen atoms in total. The Morgan fingerprint density at radius 2 is 2.04 bits per heavy atom. The van der Waals surface area contributed by atoms with E-state index in [1.54, 1.807) is 24.3 Å². The topological polar surface area (TPSA) is 90.9 Å². The number of benzene rings is 1. The Bertz CT molecular complexity index is 652. The lowest BCUT2D eigenvalue weighted by atomic mass is 10.1. The zero-order chi connectivity index (χ0) is 16.8. The van der Waals surface area contributed by atoms with Crippen LogP contribution in [0.1, 0.15) is 24.2 Å². The molecule has 1 N–H and O–H groups in total. The van der Waals surface area contributed by atoms with Gasteiger partial charge in [0.25, 0.3) is 5.91 Å². The number of anilines is 1. The van der Waals surface area contributed by atoms with Gasteiger partial charge in [-0.3, -0.25) is 9.59 Å². The van der Waals surface area contributed by atoms with E-state index in [4.69, 9.17) is 14.2 Å². The molecule has 1 aliphatic heterocycles. The molecule has 0 fully saturated rings. The molecular formula is C16H17NO6. The van der Waals surface area contributed by atoms with Gasteiger partial charge >= 0.3 is 5.97 Å². The van der Waals surface area contributed by atoms with Gasteiger partial charge in [-0.15, -0.1) is 0 Å². The zero-order valence-corrected chi connectivity index (χ0v) is 12.8. The van der Waals surface area contributed by atoms with Crippen LogP contribution in [-0.2, 0) is 23.8 Å². The molecule has 1 atom stereocenters. The van der Waals surface area contributed by atoms with Crippen molar-refractivity contribution in [2.24, 2.45) is 0 Å². The summed E-state index contributed by atoms with van der Waals surface area (Å²) in [6.07, 6.45) is 0.127. The van der Waals surface area contributed by atoms with Gasteiger partial charge in [-0.25, -0.2) is 4.79 Å². The number of carbonyl (C=O) groups excluding carboxylic acids is 3. The van der Waals surface area contributed by atoms with E-state index in [0.717, 1.165) is 6.26 Å². The molecule has 0 saturated heterocycles. The van der Waals surface area contributed by atoms with Crippen LogP contribution in [0.5, 0.6) is 0 Å². The molecule has 0 saturated carbocycles. The Morgan fingerprint density at radius 3 is 2.70 bits per heavy atom. The highest BCUT2D eigenvalue weighted by Gasteiger charge is 2.23. The molecular weight excluding hydrogens is 302 g/mol. The molecule has 1 aliphatic rings. The van der Waals surface area contributed by atoms with Crippen LogP contribution in [-0.4, -0.2) is 37.0 Å². The molecule has 1 heterocycles. The summed E-state index contributed by atoms with van der Waals surface area (Å²) in [5, 5.41) is 2.59. The highest BCUT2D eigenvalue weighted by molar-refractivity contribution is 5.99. The van der Waals surface area contributed by atoms with Gasteiger partial charge in [0.15, 0.2) is 11.9 Å². The maximum absolute atomic E-state index is 12.0. The molecule has 1 aromatic carbocycles. The minimum Gasteiger partial charge on any atom is -0.493 e. The van der Waals surface area contributed by atoms with Crippen LogP contribution in [0.15, 0.2) is 36.3 Å². The van der Waals surface area contributed by atoms with Gasteiger partial charge < -0.3 is 19.5 Å². The molecule has 23 heavy (non-hydrogen) atoms. The van der Waals surface area contributed by atoms with Gasteiger partial charge in [0.1, 0.15) is 19.5 Å². The van der Waals surface area contributed by atoms with Gasteiger partial charge in [0, 0.05) is 11.3 Å². The maximum Gasteiger partial charge on any atom is 0.377 e. The lowest BCUT2D eigenvalue weighted by molar-refractivity contribution is -0.153. The lowest BCUT2D eigenvalue weighted by Gasteiger charge is -2.17. The van der Waals surface area contributed by atoms with Crippen LogP contribution < -0.4 is 5.32 Å². The number of esters is 1. The molecule has 0 spiro atoms. The zero-order valence-electron chi connectivity index (χ0n) is 12.8. The lowest BCUT2D eigenvalue weighted by Crippen LogP contribution is -2.31. The Balaban J connectivity index is 1.94. The van der Waals surface area contributed by atoms with Crippen LogP contribution in [0, 0.1) is 0 Å². The van der Waals surface area contributed by atoms with Gasteiger partial charge in [0.05, 0.1) is 0 Å². The van der Waals surface area contributed by atoms with Crippen LogP contribution in [0.3, 0.4) is 0 Å². The van der Waals surface area contributed by atoms with E-state index in [2.05, 4.69) is 5.32 Å². The van der Waals surface area contributed by atoms with Crippen LogP contribution in [0.2, 0.25) is 0 Å². The fourth-order valence-corrected chi connectivity index (χ4v) is 1.81. The number of carbonyl (C=O) groups is 3. The van der Waals surface area contributed by atoms with E-state index in [0.29, 0.717) is 17.9 Å². The van der Waals surface area contributed by atoms with Crippen molar-refractivity contribution in [1.29, 1.82) is 0 Å². The minimum absolute atomic E-state index is 0.0746. The number of amides is 1. The van der Waals surface area contributed by atoms with Crippen molar-refractivity contribution in [3.63, 3.8) is 0 Å². The van der Waals surface area contributed by atoms with Gasteiger partial charge in [-0.2, -0.15) is 0 Å². The molecule has 1 amide bonds. The van der Waals surface area contributed by atoms with Gasteiger partial charge in [0.2, 0.25) is 5.76 Å². The van der Waals surface area contributed by atoms with E-state index in [-0.39, 0.29) is 18.1 Å². The Hall–Kier alpha value is -2.83. The van der Waals surface area contributed by atoms with Crippen molar-refractivity contribution in [3.05, 3.63) is 41.9 Å². The van der Waals surface area contributed by atoms with Crippen molar-refractivity contribution >= 4 is 23.3 Å². The summed E-state index contributed by atoms with van der Waals surface area (Å²) in [5.74, 6) is -1.47. The standard InChI is InChI=1S/C16H17NO6/c1-10(18)12-4-3-5-13(8-12)17-15(19)11(2)23-16(20)14-9-21-6-7-22-14/h3-5,8-9,11H,6-7H2,1-2H3,(H,17,19)/t11-/m1/s1. The Labute approximate surface area is 133 Å². The third kappa shape index (κ3) is 4.57. The summed E-state index contributed by atoms with van der Waals surface area (Å²) in [6.45, 7) is 3.48. The van der Waals surface area contributed by atoms with Crippen LogP contribution in [0.25, 0.3) is 0 Å². The number of nitrogens with one attached hydrogen (secondary N) is 1. The van der Waals surface area contributed by atoms with E-state index in [1.807, 2.05) is 0 Å². The van der Waals surface area contributed by atoms with Crippen molar-refractivity contribution in [1.82, 2.24) is 0 Å². The number of hydrogen-bond donors (Lipinski definition) is 1. The number of ketones is 1. The Kier molecular flexibility index (Phi) is 5.35. The van der Waals surface area contributed by atoms with E-state index in [9.17, 15) is 14.4 Å². The summed E-state index contributed by atoms with van der Waals surface area (Å²) in [4.78, 5) is 35.2. The summed E-state index contributed by atoms with van der Waals surface area (Å²) < 4.78 is 15.0. The summed E-state index contributed by atoms with van der Waals surface area (Å²) in [6, 6.07) is 6.49. The van der Waals surface area contributed by atoms with Crippen molar-refractivity contribution in [2.75, 3.05) is 18.5 Å². The third-order valence-corrected chi connectivity index (χ3v) is 3.04. The Morgan fingerprint density at radius 1 is 1.26 bits per heavy atom. The third-order valence-electron chi connectivity index (χ3n) is 3.04. The normalized spacial score (nSPS) is 14.6. The first-order valence-electron chi connectivity index (χ1n) is 7.05. The summed E-state index contributed by atoms with van der Waals surface area (Å²) >= 11 is 0. The SMILES string of the molecule is CC(=O)c1cccc(NC(=O)[C@@H](C)OC(=O)C2=COCCO2)c1. The minimum atomic E-state index is -1.03. The second-order valence-electron chi connectivity index (χ2n) is 4.88. The summed E-state index contributed by atoms with van der Waals surface area (Å²) in [5.41, 5.74) is 0.924. The smallest absolute Gasteiger partial charge is 0.377 e. The predicted molar refractivity (Wildman–Crippen MR) is 80.6 cm³/mol. The molecule has 2 rings (SSSR count). The first kappa shape index (κ1) is 16.5. The summed E-state index contributed by atoms with van der Waals surface area (Å²) in [7, 11) is 0. The molecule has 0 unspecified atom stereocenters. The maximum atomic E-state index is 12.0. The van der Waals surface area contributed by atoms with Crippen molar-refractivity contribution in [3.8, 4) is 0 Å².